The van der Waals surface area contributed by atoms with Crippen molar-refractivity contribution in [3.8, 4) is 5.75 Å². The quantitative estimate of drug-likeness (QED) is 0.773. The zero-order valence-corrected chi connectivity index (χ0v) is 15.1. The number of benzene rings is 2. The second-order valence-electron chi connectivity index (χ2n) is 6.62. The molecule has 27 heavy (non-hydrogen) atoms. The van der Waals surface area contributed by atoms with Gasteiger partial charge >= 0.3 is 0 Å². The van der Waals surface area contributed by atoms with Crippen LogP contribution in [0, 0.1) is 0 Å². The monoisotopic (exact) mass is 363 g/mol. The van der Waals surface area contributed by atoms with Crippen LogP contribution in [-0.2, 0) is 6.54 Å². The third kappa shape index (κ3) is 3.18. The van der Waals surface area contributed by atoms with Gasteiger partial charge in [-0.3, -0.25) is 9.59 Å². The maximum absolute atomic E-state index is 13.1. The number of fused-ring (bicyclic) bond motifs is 2. The van der Waals surface area contributed by atoms with Gasteiger partial charge in [0.1, 0.15) is 5.75 Å². The molecule has 1 aliphatic heterocycles. The van der Waals surface area contributed by atoms with Gasteiger partial charge in [-0.05, 0) is 18.6 Å². The van der Waals surface area contributed by atoms with Gasteiger partial charge in [-0.15, -0.1) is 0 Å². The van der Waals surface area contributed by atoms with E-state index in [-0.39, 0.29) is 23.2 Å². The average molecular weight is 363 g/mol. The number of hydrogen-bond donors (Lipinski definition) is 1. The summed E-state index contributed by atoms with van der Waals surface area (Å²) in [6.07, 6.45) is 1.45. The molecule has 138 valence electrons. The Morgan fingerprint density at radius 1 is 1.19 bits per heavy atom. The molecule has 2 heterocycles. The maximum Gasteiger partial charge on any atom is 0.274 e. The van der Waals surface area contributed by atoms with Crippen molar-refractivity contribution in [2.45, 2.75) is 32.4 Å². The number of nitrogens with zero attached hydrogens (tertiary/aromatic N) is 2. The van der Waals surface area contributed by atoms with Gasteiger partial charge in [-0.1, -0.05) is 43.3 Å². The van der Waals surface area contributed by atoms with Crippen LogP contribution in [0.5, 0.6) is 5.75 Å². The van der Waals surface area contributed by atoms with Gasteiger partial charge in [0.15, 0.2) is 5.69 Å². The molecule has 6 heteroatoms. The lowest BCUT2D eigenvalue weighted by Gasteiger charge is -2.26. The number of aromatic nitrogens is 2. The fraction of sp³-hybridized carbons (Fsp3) is 0.286. The molecule has 4 rings (SSSR count). The Bertz CT molecular complexity index is 1060. The molecular formula is C21H21N3O3. The number of nitrogens with one attached hydrogen (secondary N) is 1. The van der Waals surface area contributed by atoms with Crippen molar-refractivity contribution in [2.24, 2.45) is 0 Å². The van der Waals surface area contributed by atoms with Crippen molar-refractivity contribution in [2.75, 3.05) is 6.61 Å². The first-order valence-corrected chi connectivity index (χ1v) is 9.21. The SMILES string of the molecule is CCCn1nc(C(=O)NC2CCOc3ccccc32)c2ccccc2c1=O. The molecule has 0 fully saturated rings. The van der Waals surface area contributed by atoms with Crippen LogP contribution in [0.15, 0.2) is 53.3 Å². The highest BCUT2D eigenvalue weighted by molar-refractivity contribution is 6.04. The largest absolute Gasteiger partial charge is 0.493 e. The Kier molecular flexibility index (Phi) is 4.62. The molecule has 0 radical (unpaired) electrons. The van der Waals surface area contributed by atoms with Gasteiger partial charge in [0.25, 0.3) is 11.5 Å². The first-order valence-electron chi connectivity index (χ1n) is 9.21. The average Bonchev–Trinajstić information content (AvgIpc) is 2.70. The van der Waals surface area contributed by atoms with Gasteiger partial charge in [0.2, 0.25) is 0 Å². The van der Waals surface area contributed by atoms with Crippen LogP contribution >= 0.6 is 0 Å². The second-order valence-corrected chi connectivity index (χ2v) is 6.62. The molecule has 1 amide bonds. The normalized spacial score (nSPS) is 15.8. The summed E-state index contributed by atoms with van der Waals surface area (Å²) in [5.41, 5.74) is 1.08. The smallest absolute Gasteiger partial charge is 0.274 e. The van der Waals surface area contributed by atoms with E-state index in [9.17, 15) is 9.59 Å². The maximum atomic E-state index is 13.1. The second kappa shape index (κ2) is 7.23. The van der Waals surface area contributed by atoms with E-state index < -0.39 is 0 Å². The molecule has 0 aliphatic carbocycles. The molecule has 0 spiro atoms. The Morgan fingerprint density at radius 3 is 2.74 bits per heavy atom. The van der Waals surface area contributed by atoms with E-state index in [2.05, 4.69) is 10.4 Å². The predicted octanol–water partition coefficient (Wildman–Crippen LogP) is 3.06. The highest BCUT2D eigenvalue weighted by Crippen LogP contribution is 2.31. The minimum atomic E-state index is -0.280. The Balaban J connectivity index is 1.73. The van der Waals surface area contributed by atoms with Crippen molar-refractivity contribution in [3.05, 3.63) is 70.1 Å². The molecule has 1 N–H and O–H groups in total. The number of para-hydroxylation sites is 1. The summed E-state index contributed by atoms with van der Waals surface area (Å²) in [4.78, 5) is 25.7. The molecule has 0 saturated carbocycles. The fourth-order valence-corrected chi connectivity index (χ4v) is 3.48. The lowest BCUT2D eigenvalue weighted by molar-refractivity contribution is 0.0919. The summed E-state index contributed by atoms with van der Waals surface area (Å²) < 4.78 is 7.05. The van der Waals surface area contributed by atoms with Crippen molar-refractivity contribution in [1.82, 2.24) is 15.1 Å². The molecule has 0 saturated heterocycles. The van der Waals surface area contributed by atoms with Crippen LogP contribution in [0.25, 0.3) is 10.8 Å². The zero-order chi connectivity index (χ0) is 18.8. The molecule has 1 atom stereocenters. The number of aryl methyl sites for hydroxylation is 1. The number of amides is 1. The van der Waals surface area contributed by atoms with Crippen LogP contribution in [0.3, 0.4) is 0 Å². The summed E-state index contributed by atoms with van der Waals surface area (Å²) >= 11 is 0. The molecule has 1 aromatic heterocycles. The molecule has 3 aromatic rings. The van der Waals surface area contributed by atoms with E-state index in [4.69, 9.17) is 4.74 Å². The summed E-state index contributed by atoms with van der Waals surface area (Å²) in [7, 11) is 0. The van der Waals surface area contributed by atoms with Crippen molar-refractivity contribution < 1.29 is 9.53 Å². The number of carbonyl (C=O) groups excluding carboxylic acids is 1. The highest BCUT2D eigenvalue weighted by Gasteiger charge is 2.25. The summed E-state index contributed by atoms with van der Waals surface area (Å²) in [5.74, 6) is 0.514. The van der Waals surface area contributed by atoms with Crippen LogP contribution in [0.4, 0.5) is 0 Å². The topological polar surface area (TPSA) is 73.2 Å². The molecule has 1 unspecified atom stereocenters. The van der Waals surface area contributed by atoms with Gasteiger partial charge in [0, 0.05) is 23.9 Å². The number of rotatable bonds is 4. The molecule has 1 aliphatic rings. The van der Waals surface area contributed by atoms with Crippen molar-refractivity contribution in [1.29, 1.82) is 0 Å². The van der Waals surface area contributed by atoms with Gasteiger partial charge in [0.05, 0.1) is 18.0 Å². The van der Waals surface area contributed by atoms with E-state index in [1.807, 2.05) is 37.3 Å². The zero-order valence-electron chi connectivity index (χ0n) is 15.1. The third-order valence-electron chi connectivity index (χ3n) is 4.78. The molecule has 6 nitrogen and oxygen atoms in total. The third-order valence-corrected chi connectivity index (χ3v) is 4.78. The first kappa shape index (κ1) is 17.3. The Hall–Kier alpha value is -3.15. The van der Waals surface area contributed by atoms with E-state index >= 15 is 0 Å². The van der Waals surface area contributed by atoms with E-state index in [0.717, 1.165) is 17.7 Å². The minimum Gasteiger partial charge on any atom is -0.493 e. The van der Waals surface area contributed by atoms with Gasteiger partial charge < -0.3 is 10.1 Å². The number of hydrogen-bond acceptors (Lipinski definition) is 4. The predicted molar refractivity (Wildman–Crippen MR) is 103 cm³/mol. The van der Waals surface area contributed by atoms with Crippen LogP contribution in [-0.4, -0.2) is 22.3 Å². The van der Waals surface area contributed by atoms with Gasteiger partial charge in [-0.2, -0.15) is 5.10 Å². The van der Waals surface area contributed by atoms with E-state index in [1.165, 1.54) is 4.68 Å². The highest BCUT2D eigenvalue weighted by atomic mass is 16.5. The first-order chi connectivity index (χ1) is 13.2. The minimum absolute atomic E-state index is 0.144. The lowest BCUT2D eigenvalue weighted by Crippen LogP contribution is -2.35. The Morgan fingerprint density at radius 2 is 1.93 bits per heavy atom. The molecule has 2 aromatic carbocycles. The molecular weight excluding hydrogens is 342 g/mol. The number of carbonyl (C=O) groups is 1. The standard InChI is InChI=1S/C21H21N3O3/c1-2-12-24-21(26)15-8-4-3-7-14(15)19(23-24)20(25)22-17-11-13-27-18-10-6-5-9-16(17)18/h3-10,17H,2,11-13H2,1H3,(H,22,25). The van der Waals surface area contributed by atoms with Crippen LogP contribution in [0.2, 0.25) is 0 Å². The van der Waals surface area contributed by atoms with Crippen molar-refractivity contribution in [3.63, 3.8) is 0 Å². The summed E-state index contributed by atoms with van der Waals surface area (Å²) in [6, 6.07) is 14.7. The van der Waals surface area contributed by atoms with Crippen LogP contribution in [0.1, 0.15) is 41.9 Å². The summed E-state index contributed by atoms with van der Waals surface area (Å²) in [5, 5.41) is 8.54. The van der Waals surface area contributed by atoms with Crippen molar-refractivity contribution >= 4 is 16.7 Å². The molecule has 0 bridgehead atoms. The Labute approximate surface area is 156 Å². The van der Waals surface area contributed by atoms with Crippen LogP contribution < -0.4 is 15.6 Å². The lowest BCUT2D eigenvalue weighted by atomic mass is 10.00. The van der Waals surface area contributed by atoms with Gasteiger partial charge in [-0.25, -0.2) is 4.68 Å². The fourth-order valence-electron chi connectivity index (χ4n) is 3.48. The van der Waals surface area contributed by atoms with E-state index in [1.54, 1.807) is 18.2 Å². The number of ether oxygens (including phenoxy) is 1. The summed E-state index contributed by atoms with van der Waals surface area (Å²) in [6.45, 7) is 3.00. The van der Waals surface area contributed by atoms with E-state index in [0.29, 0.717) is 30.3 Å².